The van der Waals surface area contributed by atoms with Gasteiger partial charge in [-0.3, -0.25) is 0 Å². The minimum absolute atomic E-state index is 0.814. The van der Waals surface area contributed by atoms with E-state index in [0.717, 1.165) is 56.2 Å². The summed E-state index contributed by atoms with van der Waals surface area (Å²) in [5.74, 6) is 0. The molecule has 0 saturated heterocycles. The summed E-state index contributed by atoms with van der Waals surface area (Å²) in [5, 5.41) is 5.49. The zero-order valence-electron chi connectivity index (χ0n) is 12.1. The molecule has 1 aromatic carbocycles. The number of unbranched alkanes of at least 4 members (excludes halogenated alkanes) is 1. The number of para-hydroxylation sites is 1. The van der Waals surface area contributed by atoms with Crippen LogP contribution in [0.15, 0.2) is 30.5 Å². The maximum atomic E-state index is 6.26. The minimum Gasteiger partial charge on any atom is -0.382 e. The average Bonchev–Trinajstić information content (AvgIpc) is 2.86. The lowest BCUT2D eigenvalue weighted by atomic mass is 10.2. The van der Waals surface area contributed by atoms with E-state index in [4.69, 9.17) is 16.3 Å². The molecule has 2 rings (SSSR count). The van der Waals surface area contributed by atoms with Gasteiger partial charge in [0, 0.05) is 37.9 Å². The van der Waals surface area contributed by atoms with E-state index in [2.05, 4.69) is 28.2 Å². The zero-order chi connectivity index (χ0) is 14.2. The van der Waals surface area contributed by atoms with Gasteiger partial charge in [0.05, 0.1) is 10.5 Å². The van der Waals surface area contributed by atoms with E-state index >= 15 is 0 Å². The third-order valence-corrected chi connectivity index (χ3v) is 3.67. The number of fused-ring (bicyclic) bond motifs is 1. The molecule has 3 nitrogen and oxygen atoms in total. The normalized spacial score (nSPS) is 11.3. The Morgan fingerprint density at radius 3 is 2.95 bits per heavy atom. The summed E-state index contributed by atoms with van der Waals surface area (Å²) in [4.78, 5) is 0. The van der Waals surface area contributed by atoms with Crippen molar-refractivity contribution in [1.82, 2.24) is 9.88 Å². The fraction of sp³-hybridized carbons (Fsp3) is 0.500. The van der Waals surface area contributed by atoms with Crippen LogP contribution in [0.2, 0.25) is 5.02 Å². The van der Waals surface area contributed by atoms with Crippen molar-refractivity contribution >= 4 is 22.5 Å². The summed E-state index contributed by atoms with van der Waals surface area (Å²) in [7, 11) is 0. The van der Waals surface area contributed by atoms with Gasteiger partial charge in [-0.2, -0.15) is 0 Å². The highest BCUT2D eigenvalue weighted by Gasteiger charge is 2.04. The number of hydrogen-bond donors (Lipinski definition) is 1. The Morgan fingerprint density at radius 2 is 2.10 bits per heavy atom. The summed E-state index contributed by atoms with van der Waals surface area (Å²) in [6.07, 6.45) is 4.39. The van der Waals surface area contributed by atoms with E-state index < -0.39 is 0 Å². The van der Waals surface area contributed by atoms with Crippen LogP contribution in [-0.4, -0.2) is 30.9 Å². The molecule has 110 valence electrons. The molecular weight excluding hydrogens is 272 g/mol. The number of halogens is 1. The Labute approximate surface area is 125 Å². The van der Waals surface area contributed by atoms with E-state index in [1.54, 1.807) is 0 Å². The van der Waals surface area contributed by atoms with Crippen LogP contribution in [0, 0.1) is 0 Å². The van der Waals surface area contributed by atoms with Crippen molar-refractivity contribution in [2.75, 3.05) is 26.3 Å². The van der Waals surface area contributed by atoms with Gasteiger partial charge in [-0.05, 0) is 38.4 Å². The smallest absolute Gasteiger partial charge is 0.0670 e. The van der Waals surface area contributed by atoms with Crippen LogP contribution in [0.3, 0.4) is 0 Å². The average molecular weight is 295 g/mol. The fourth-order valence-electron chi connectivity index (χ4n) is 2.32. The molecule has 0 spiro atoms. The number of rotatable bonds is 9. The summed E-state index contributed by atoms with van der Waals surface area (Å²) < 4.78 is 7.53. The molecule has 0 saturated carbocycles. The lowest BCUT2D eigenvalue weighted by Crippen LogP contribution is -2.21. The third-order valence-electron chi connectivity index (χ3n) is 3.37. The molecule has 0 aliphatic heterocycles. The summed E-state index contributed by atoms with van der Waals surface area (Å²) in [6, 6.07) is 8.15. The predicted molar refractivity (Wildman–Crippen MR) is 85.5 cm³/mol. The molecule has 1 heterocycles. The minimum atomic E-state index is 0.814. The maximum absolute atomic E-state index is 6.26. The molecule has 1 aromatic heterocycles. The van der Waals surface area contributed by atoms with Crippen molar-refractivity contribution in [2.24, 2.45) is 0 Å². The molecule has 0 fully saturated rings. The molecule has 0 amide bonds. The molecule has 0 atom stereocenters. The lowest BCUT2D eigenvalue weighted by molar-refractivity contribution is 0.143. The first-order chi connectivity index (χ1) is 9.83. The van der Waals surface area contributed by atoms with Gasteiger partial charge in [0.25, 0.3) is 0 Å². The number of nitrogens with zero attached hydrogens (tertiary/aromatic N) is 1. The van der Waals surface area contributed by atoms with Gasteiger partial charge >= 0.3 is 0 Å². The maximum Gasteiger partial charge on any atom is 0.0670 e. The Kier molecular flexibility index (Phi) is 6.37. The standard InChI is InChI=1S/C16H23ClN2O/c1-2-20-13-4-3-9-18-10-12-19-11-8-14-6-5-7-15(17)16(14)19/h5-8,11,18H,2-4,9-10,12-13H2,1H3. The summed E-state index contributed by atoms with van der Waals surface area (Å²) in [5.41, 5.74) is 1.13. The van der Waals surface area contributed by atoms with Crippen LogP contribution >= 0.6 is 11.6 Å². The van der Waals surface area contributed by atoms with Crippen molar-refractivity contribution in [2.45, 2.75) is 26.3 Å². The van der Waals surface area contributed by atoms with E-state index in [1.807, 2.05) is 19.1 Å². The highest BCUT2D eigenvalue weighted by Crippen LogP contribution is 2.23. The number of hydrogen-bond acceptors (Lipinski definition) is 2. The van der Waals surface area contributed by atoms with E-state index in [9.17, 15) is 0 Å². The van der Waals surface area contributed by atoms with Crippen molar-refractivity contribution in [3.05, 3.63) is 35.5 Å². The number of ether oxygens (including phenoxy) is 1. The summed E-state index contributed by atoms with van der Waals surface area (Å²) >= 11 is 6.26. The highest BCUT2D eigenvalue weighted by atomic mass is 35.5. The second-order valence-electron chi connectivity index (χ2n) is 4.84. The number of aromatic nitrogens is 1. The first-order valence-corrected chi connectivity index (χ1v) is 7.72. The fourth-order valence-corrected chi connectivity index (χ4v) is 2.61. The van der Waals surface area contributed by atoms with Gasteiger partial charge in [-0.15, -0.1) is 0 Å². The van der Waals surface area contributed by atoms with Crippen molar-refractivity contribution < 1.29 is 4.74 Å². The van der Waals surface area contributed by atoms with Crippen molar-refractivity contribution in [3.63, 3.8) is 0 Å². The first kappa shape index (κ1) is 15.4. The van der Waals surface area contributed by atoms with Crippen molar-refractivity contribution in [3.8, 4) is 0 Å². The van der Waals surface area contributed by atoms with Gasteiger partial charge in [0.1, 0.15) is 0 Å². The van der Waals surface area contributed by atoms with E-state index in [1.165, 1.54) is 5.39 Å². The molecule has 1 N–H and O–H groups in total. The third kappa shape index (κ3) is 4.23. The Bertz CT molecular complexity index is 524. The highest BCUT2D eigenvalue weighted by molar-refractivity contribution is 6.35. The molecule has 0 radical (unpaired) electrons. The Hall–Kier alpha value is -1.03. The van der Waals surface area contributed by atoms with Crippen molar-refractivity contribution in [1.29, 1.82) is 0 Å². The molecule has 20 heavy (non-hydrogen) atoms. The second-order valence-corrected chi connectivity index (χ2v) is 5.25. The largest absolute Gasteiger partial charge is 0.382 e. The quantitative estimate of drug-likeness (QED) is 0.714. The number of nitrogens with one attached hydrogen (secondary N) is 1. The van der Waals surface area contributed by atoms with Gasteiger partial charge in [0.15, 0.2) is 0 Å². The molecule has 0 bridgehead atoms. The monoisotopic (exact) mass is 294 g/mol. The van der Waals surface area contributed by atoms with Crippen LogP contribution in [-0.2, 0) is 11.3 Å². The van der Waals surface area contributed by atoms with Gasteiger partial charge in [-0.25, -0.2) is 0 Å². The molecular formula is C16H23ClN2O. The SMILES string of the molecule is CCOCCCCNCCn1ccc2cccc(Cl)c21. The Morgan fingerprint density at radius 1 is 1.20 bits per heavy atom. The lowest BCUT2D eigenvalue weighted by Gasteiger charge is -2.08. The van der Waals surface area contributed by atoms with Crippen LogP contribution in [0.25, 0.3) is 10.9 Å². The molecule has 2 aromatic rings. The van der Waals surface area contributed by atoms with Crippen LogP contribution in [0.5, 0.6) is 0 Å². The van der Waals surface area contributed by atoms with E-state index in [-0.39, 0.29) is 0 Å². The molecule has 0 unspecified atom stereocenters. The first-order valence-electron chi connectivity index (χ1n) is 7.34. The topological polar surface area (TPSA) is 26.2 Å². The van der Waals surface area contributed by atoms with E-state index in [0.29, 0.717) is 0 Å². The van der Waals surface area contributed by atoms with Crippen LogP contribution < -0.4 is 5.32 Å². The predicted octanol–water partition coefficient (Wildman–Crippen LogP) is 3.70. The van der Waals surface area contributed by atoms with Crippen LogP contribution in [0.1, 0.15) is 19.8 Å². The zero-order valence-corrected chi connectivity index (χ0v) is 12.8. The second kappa shape index (κ2) is 8.30. The van der Waals surface area contributed by atoms with Gasteiger partial charge < -0.3 is 14.6 Å². The van der Waals surface area contributed by atoms with Gasteiger partial charge in [-0.1, -0.05) is 23.7 Å². The Balaban J connectivity index is 1.71. The molecule has 0 aliphatic carbocycles. The summed E-state index contributed by atoms with van der Waals surface area (Å²) in [6.45, 7) is 6.66. The number of benzene rings is 1. The van der Waals surface area contributed by atoms with Crippen LogP contribution in [0.4, 0.5) is 0 Å². The molecule has 0 aliphatic rings. The molecule has 4 heteroatoms. The van der Waals surface area contributed by atoms with Gasteiger partial charge in [0.2, 0.25) is 0 Å².